The molecular weight excluding hydrogens is 246 g/mol. The maximum atomic E-state index is 12.0. The Hall–Kier alpha value is -1.88. The Bertz CT molecular complexity index is 459. The first-order chi connectivity index (χ1) is 8.75. The van der Waals surface area contributed by atoms with Crippen LogP contribution < -0.4 is 5.32 Å². The van der Waals surface area contributed by atoms with E-state index in [0.717, 1.165) is 0 Å². The van der Waals surface area contributed by atoms with E-state index >= 15 is 0 Å². The zero-order chi connectivity index (χ0) is 14.6. The van der Waals surface area contributed by atoms with E-state index in [1.807, 2.05) is 0 Å². The molecule has 1 amide bonds. The van der Waals surface area contributed by atoms with Crippen molar-refractivity contribution < 1.29 is 19.8 Å². The molecule has 1 atom stereocenters. The maximum absolute atomic E-state index is 12.0. The number of aliphatic carboxylic acids is 1. The van der Waals surface area contributed by atoms with E-state index in [9.17, 15) is 9.59 Å². The number of rotatable bonds is 4. The normalized spacial score (nSPS) is 12.8. The van der Waals surface area contributed by atoms with Gasteiger partial charge in [0.2, 0.25) is 0 Å². The highest BCUT2D eigenvalue weighted by Gasteiger charge is 2.32. The van der Waals surface area contributed by atoms with Crippen LogP contribution in [0.5, 0.6) is 0 Å². The van der Waals surface area contributed by atoms with Gasteiger partial charge >= 0.3 is 5.97 Å². The molecule has 0 bridgehead atoms. The molecule has 5 heteroatoms. The lowest BCUT2D eigenvalue weighted by atomic mass is 9.86. The van der Waals surface area contributed by atoms with E-state index in [2.05, 4.69) is 5.32 Å². The first-order valence-electron chi connectivity index (χ1n) is 5.99. The number of amides is 1. The number of benzene rings is 1. The predicted molar refractivity (Wildman–Crippen MR) is 70.7 cm³/mol. The lowest BCUT2D eigenvalue weighted by Gasteiger charge is -2.27. The highest BCUT2D eigenvalue weighted by molar-refractivity contribution is 5.96. The molecule has 0 aromatic heterocycles. The number of aliphatic hydroxyl groups is 1. The monoisotopic (exact) mass is 265 g/mol. The van der Waals surface area contributed by atoms with Gasteiger partial charge in [-0.05, 0) is 23.1 Å². The number of carbonyl (C=O) groups is 2. The quantitative estimate of drug-likeness (QED) is 0.768. The Labute approximate surface area is 112 Å². The van der Waals surface area contributed by atoms with Crippen LogP contribution in [0.25, 0.3) is 0 Å². The fourth-order valence-electron chi connectivity index (χ4n) is 1.62. The van der Waals surface area contributed by atoms with Gasteiger partial charge in [0.25, 0.3) is 5.91 Å². The van der Waals surface area contributed by atoms with Crippen molar-refractivity contribution in [3.63, 3.8) is 0 Å². The van der Waals surface area contributed by atoms with Crippen molar-refractivity contribution in [1.29, 1.82) is 0 Å². The molecule has 0 saturated heterocycles. The second-order valence-electron chi connectivity index (χ2n) is 5.47. The van der Waals surface area contributed by atoms with Gasteiger partial charge in [-0.25, -0.2) is 4.79 Å². The summed E-state index contributed by atoms with van der Waals surface area (Å²) in [5.41, 5.74) is 0.488. The molecule has 0 aliphatic carbocycles. The fraction of sp³-hybridized carbons (Fsp3) is 0.429. The average molecular weight is 265 g/mol. The van der Waals surface area contributed by atoms with Crippen LogP contribution >= 0.6 is 0 Å². The summed E-state index contributed by atoms with van der Waals surface area (Å²) in [6, 6.07) is 5.41. The summed E-state index contributed by atoms with van der Waals surface area (Å²) in [5.74, 6) is -1.50. The summed E-state index contributed by atoms with van der Waals surface area (Å²) in [4.78, 5) is 23.1. The van der Waals surface area contributed by atoms with Crippen LogP contribution in [0.2, 0.25) is 0 Å². The zero-order valence-electron chi connectivity index (χ0n) is 11.3. The Kier molecular flexibility index (Phi) is 4.67. The first-order valence-corrected chi connectivity index (χ1v) is 5.99. The summed E-state index contributed by atoms with van der Waals surface area (Å²) in [6.07, 6.45) is 0. The third-order valence-corrected chi connectivity index (χ3v) is 2.79. The minimum absolute atomic E-state index is 0.0956. The Morgan fingerprint density at radius 2 is 1.74 bits per heavy atom. The summed E-state index contributed by atoms with van der Waals surface area (Å²) in [5, 5.41) is 20.6. The van der Waals surface area contributed by atoms with Crippen molar-refractivity contribution >= 4 is 11.9 Å². The average Bonchev–Trinajstić information content (AvgIpc) is 2.34. The molecule has 0 fully saturated rings. The molecule has 5 nitrogen and oxygen atoms in total. The van der Waals surface area contributed by atoms with E-state index in [4.69, 9.17) is 10.2 Å². The first kappa shape index (κ1) is 15.2. The second kappa shape index (κ2) is 5.84. The number of aliphatic hydroxyl groups excluding tert-OH is 1. The lowest BCUT2D eigenvalue weighted by Crippen LogP contribution is -2.49. The molecule has 1 aromatic rings. The van der Waals surface area contributed by atoms with Crippen molar-refractivity contribution in [2.45, 2.75) is 33.4 Å². The number of carbonyl (C=O) groups excluding carboxylic acids is 1. The third-order valence-electron chi connectivity index (χ3n) is 2.79. The van der Waals surface area contributed by atoms with Crippen molar-refractivity contribution in [1.82, 2.24) is 5.32 Å². The second-order valence-corrected chi connectivity index (χ2v) is 5.47. The van der Waals surface area contributed by atoms with Gasteiger partial charge in [-0.15, -0.1) is 0 Å². The van der Waals surface area contributed by atoms with E-state index in [1.165, 1.54) is 0 Å². The predicted octanol–water partition coefficient (Wildman–Crippen LogP) is 1.41. The molecule has 0 heterocycles. The van der Waals surface area contributed by atoms with Crippen LogP contribution in [-0.2, 0) is 11.4 Å². The molecular formula is C14H19NO4. The van der Waals surface area contributed by atoms with Crippen molar-refractivity contribution in [2.75, 3.05) is 0 Å². The van der Waals surface area contributed by atoms with Crippen molar-refractivity contribution in [3.8, 4) is 0 Å². The van der Waals surface area contributed by atoms with E-state index in [0.29, 0.717) is 11.1 Å². The van der Waals surface area contributed by atoms with Gasteiger partial charge in [0, 0.05) is 5.56 Å². The van der Waals surface area contributed by atoms with Crippen molar-refractivity contribution in [2.24, 2.45) is 5.41 Å². The molecule has 1 rings (SSSR count). The molecule has 1 unspecified atom stereocenters. The lowest BCUT2D eigenvalue weighted by molar-refractivity contribution is -0.142. The zero-order valence-corrected chi connectivity index (χ0v) is 11.3. The summed E-state index contributed by atoms with van der Waals surface area (Å²) in [6.45, 7) is 5.16. The molecule has 0 spiro atoms. The van der Waals surface area contributed by atoms with Gasteiger partial charge in [-0.3, -0.25) is 4.79 Å². The third kappa shape index (κ3) is 4.06. The van der Waals surface area contributed by atoms with Gasteiger partial charge in [0.15, 0.2) is 0 Å². The summed E-state index contributed by atoms with van der Waals surface area (Å²) < 4.78 is 0. The molecule has 0 saturated carbocycles. The number of nitrogens with one attached hydrogen (secondary N) is 1. The van der Waals surface area contributed by atoms with Crippen molar-refractivity contribution in [3.05, 3.63) is 35.4 Å². The number of carboxylic acid groups (broad SMARTS) is 1. The van der Waals surface area contributed by atoms with Crippen LogP contribution in [-0.4, -0.2) is 28.1 Å². The maximum Gasteiger partial charge on any atom is 0.326 e. The smallest absolute Gasteiger partial charge is 0.326 e. The molecule has 0 radical (unpaired) electrons. The Morgan fingerprint density at radius 1 is 1.21 bits per heavy atom. The number of hydrogen-bond donors (Lipinski definition) is 3. The molecule has 0 aliphatic rings. The highest BCUT2D eigenvalue weighted by atomic mass is 16.4. The van der Waals surface area contributed by atoms with E-state index in [-0.39, 0.29) is 6.61 Å². The van der Waals surface area contributed by atoms with Crippen LogP contribution in [0.4, 0.5) is 0 Å². The minimum Gasteiger partial charge on any atom is -0.480 e. The fourth-order valence-corrected chi connectivity index (χ4v) is 1.62. The topological polar surface area (TPSA) is 86.6 Å². The van der Waals surface area contributed by atoms with Crippen LogP contribution in [0.1, 0.15) is 36.7 Å². The molecule has 0 aliphatic heterocycles. The summed E-state index contributed by atoms with van der Waals surface area (Å²) in [7, 11) is 0. The van der Waals surface area contributed by atoms with Gasteiger partial charge in [0.05, 0.1) is 6.61 Å². The SMILES string of the molecule is CC(C)(C)C(NC(=O)c1ccc(CO)cc1)C(=O)O. The van der Waals surface area contributed by atoms with Gasteiger partial charge in [-0.1, -0.05) is 32.9 Å². The molecule has 3 N–H and O–H groups in total. The highest BCUT2D eigenvalue weighted by Crippen LogP contribution is 2.20. The van der Waals surface area contributed by atoms with E-state index in [1.54, 1.807) is 45.0 Å². The molecule has 1 aromatic carbocycles. The molecule has 104 valence electrons. The Balaban J connectivity index is 2.85. The van der Waals surface area contributed by atoms with Gasteiger partial charge in [0.1, 0.15) is 6.04 Å². The van der Waals surface area contributed by atoms with Gasteiger partial charge < -0.3 is 15.5 Å². The standard InChI is InChI=1S/C14H19NO4/c1-14(2,3)11(13(18)19)15-12(17)10-6-4-9(8-16)5-7-10/h4-7,11,16H,8H2,1-3H3,(H,15,17)(H,18,19). The molecule has 19 heavy (non-hydrogen) atoms. The van der Waals surface area contributed by atoms with Crippen LogP contribution in [0.15, 0.2) is 24.3 Å². The summed E-state index contributed by atoms with van der Waals surface area (Å²) >= 11 is 0. The Morgan fingerprint density at radius 3 is 2.11 bits per heavy atom. The van der Waals surface area contributed by atoms with Crippen LogP contribution in [0.3, 0.4) is 0 Å². The largest absolute Gasteiger partial charge is 0.480 e. The minimum atomic E-state index is -1.06. The van der Waals surface area contributed by atoms with Gasteiger partial charge in [-0.2, -0.15) is 0 Å². The number of hydrogen-bond acceptors (Lipinski definition) is 3. The number of carboxylic acids is 1. The van der Waals surface area contributed by atoms with E-state index < -0.39 is 23.3 Å². The van der Waals surface area contributed by atoms with Crippen LogP contribution in [0, 0.1) is 5.41 Å².